The highest BCUT2D eigenvalue weighted by Crippen LogP contribution is 2.42. The number of benzene rings is 2. The number of ether oxygens (including phenoxy) is 1. The summed E-state index contributed by atoms with van der Waals surface area (Å²) < 4.78 is 5.71. The van der Waals surface area contributed by atoms with Gasteiger partial charge in [0, 0.05) is 111 Å². The highest BCUT2D eigenvalue weighted by atomic mass is 35.5. The number of piperidine rings is 1. The number of nitrogens with one attached hydrogen (secondary N) is 3. The van der Waals surface area contributed by atoms with Crippen molar-refractivity contribution in [1.82, 2.24) is 35.7 Å². The van der Waals surface area contributed by atoms with Crippen molar-refractivity contribution >= 4 is 40.9 Å². The largest absolute Gasteiger partial charge is 0.481 e. The van der Waals surface area contributed by atoms with Gasteiger partial charge in [-0.05, 0) is 49.1 Å². The Kier molecular flexibility index (Phi) is 11.3. The van der Waals surface area contributed by atoms with E-state index >= 15 is 0 Å². The Labute approximate surface area is 319 Å². The van der Waals surface area contributed by atoms with Crippen LogP contribution in [0.1, 0.15) is 54.1 Å². The van der Waals surface area contributed by atoms with Crippen molar-refractivity contribution in [2.45, 2.75) is 57.8 Å². The quantitative estimate of drug-likeness (QED) is 0.157. The molecule has 2 saturated heterocycles. The zero-order chi connectivity index (χ0) is 37.1. The molecular weight excluding hydrogens is 713 g/mol. The fraction of sp³-hybridized carbons (Fsp3) is 0.375. The number of amides is 3. The van der Waals surface area contributed by atoms with Crippen LogP contribution in [0.4, 0.5) is 0 Å². The molecule has 0 aliphatic carbocycles. The molecule has 3 amide bonds. The third-order valence-electron chi connectivity index (χ3n) is 10.4. The Morgan fingerprint density at radius 3 is 2.53 bits per heavy atom. The van der Waals surface area contributed by atoms with Gasteiger partial charge < -0.3 is 30.5 Å². The summed E-state index contributed by atoms with van der Waals surface area (Å²) in [5, 5.41) is 10.9. The number of hydrogen-bond donors (Lipinski definition) is 3. The van der Waals surface area contributed by atoms with Crippen molar-refractivity contribution in [3.8, 4) is 39.5 Å². The van der Waals surface area contributed by atoms with Crippen LogP contribution in [0, 0.1) is 0 Å². The van der Waals surface area contributed by atoms with E-state index in [4.69, 9.17) is 32.9 Å². The molecule has 0 saturated carbocycles. The number of methoxy groups -OCH3 is 1. The second-order valence-electron chi connectivity index (χ2n) is 13.8. The number of likely N-dealkylation sites (tertiary alicyclic amines) is 1. The minimum absolute atomic E-state index is 0.000105. The third-order valence-corrected chi connectivity index (χ3v) is 11.2. The maximum absolute atomic E-state index is 13.2. The molecule has 0 spiro atoms. The molecule has 13 heteroatoms. The average Bonchev–Trinajstić information content (AvgIpc) is 3.73. The van der Waals surface area contributed by atoms with Crippen LogP contribution < -0.4 is 20.7 Å². The molecule has 3 N–H and O–H groups in total. The smallest absolute Gasteiger partial charge is 0.254 e. The fourth-order valence-corrected chi connectivity index (χ4v) is 8.05. The van der Waals surface area contributed by atoms with Crippen molar-refractivity contribution in [3.05, 3.63) is 87.5 Å². The lowest BCUT2D eigenvalue weighted by Gasteiger charge is -2.31. The summed E-state index contributed by atoms with van der Waals surface area (Å²) >= 11 is 14.2. The molecule has 1 atom stereocenters. The van der Waals surface area contributed by atoms with Crippen LogP contribution in [-0.4, -0.2) is 89.4 Å². The van der Waals surface area contributed by atoms with Crippen molar-refractivity contribution in [2.75, 3.05) is 39.8 Å². The number of hydrogen-bond acceptors (Lipinski definition) is 8. The zero-order valence-corrected chi connectivity index (χ0v) is 31.4. The van der Waals surface area contributed by atoms with E-state index in [9.17, 15) is 14.4 Å². The van der Waals surface area contributed by atoms with Crippen LogP contribution in [0.5, 0.6) is 5.88 Å². The van der Waals surface area contributed by atoms with Crippen LogP contribution in [-0.2, 0) is 22.7 Å². The average molecular weight is 757 g/mol. The van der Waals surface area contributed by atoms with Gasteiger partial charge in [-0.3, -0.25) is 19.4 Å². The van der Waals surface area contributed by atoms with E-state index in [1.54, 1.807) is 20.2 Å². The monoisotopic (exact) mass is 755 g/mol. The summed E-state index contributed by atoms with van der Waals surface area (Å²) in [4.78, 5) is 49.5. The first-order chi connectivity index (χ1) is 25.7. The predicted molar refractivity (Wildman–Crippen MR) is 206 cm³/mol. The Morgan fingerprint density at radius 1 is 0.981 bits per heavy atom. The third kappa shape index (κ3) is 8.03. The summed E-state index contributed by atoms with van der Waals surface area (Å²) in [6, 6.07) is 17.8. The molecule has 53 heavy (non-hydrogen) atoms. The van der Waals surface area contributed by atoms with Crippen molar-refractivity contribution < 1.29 is 19.1 Å². The van der Waals surface area contributed by atoms with Crippen LogP contribution in [0.25, 0.3) is 33.6 Å². The normalized spacial score (nSPS) is 17.3. The number of carbonyl (C=O) groups is 3. The molecule has 5 heterocycles. The molecule has 2 aromatic heterocycles. The molecule has 0 radical (unpaired) electrons. The highest BCUT2D eigenvalue weighted by Gasteiger charge is 2.28. The van der Waals surface area contributed by atoms with Crippen molar-refractivity contribution in [3.63, 3.8) is 0 Å². The van der Waals surface area contributed by atoms with Gasteiger partial charge in [-0.1, -0.05) is 53.5 Å². The zero-order valence-electron chi connectivity index (χ0n) is 29.9. The number of pyridine rings is 2. The molecule has 0 bridgehead atoms. The van der Waals surface area contributed by atoms with Gasteiger partial charge in [-0.25, -0.2) is 4.98 Å². The van der Waals surface area contributed by atoms with E-state index in [0.717, 1.165) is 65.7 Å². The lowest BCUT2D eigenvalue weighted by Crippen LogP contribution is -2.44. The van der Waals surface area contributed by atoms with E-state index in [1.165, 1.54) is 0 Å². The minimum atomic E-state index is -0.000105. The summed E-state index contributed by atoms with van der Waals surface area (Å²) in [7, 11) is 1.61. The first-order valence-corrected chi connectivity index (χ1v) is 18.8. The van der Waals surface area contributed by atoms with E-state index in [2.05, 4.69) is 20.9 Å². The van der Waals surface area contributed by atoms with Gasteiger partial charge in [0.05, 0.1) is 28.5 Å². The number of carbonyl (C=O) groups excluding carboxylic acids is 3. The van der Waals surface area contributed by atoms with Gasteiger partial charge in [0.1, 0.15) is 0 Å². The Morgan fingerprint density at radius 2 is 1.77 bits per heavy atom. The molecule has 2 fully saturated rings. The van der Waals surface area contributed by atoms with E-state index in [1.807, 2.05) is 64.4 Å². The Bertz CT molecular complexity index is 2030. The summed E-state index contributed by atoms with van der Waals surface area (Å²) in [6.45, 7) is 6.13. The van der Waals surface area contributed by atoms with Crippen LogP contribution in [0.3, 0.4) is 0 Å². The topological polar surface area (TPSA) is 129 Å². The van der Waals surface area contributed by atoms with Crippen LogP contribution >= 0.6 is 23.2 Å². The van der Waals surface area contributed by atoms with Gasteiger partial charge in [0.2, 0.25) is 17.7 Å². The maximum atomic E-state index is 13.2. The van der Waals surface area contributed by atoms with E-state index in [0.29, 0.717) is 78.1 Å². The fourth-order valence-electron chi connectivity index (χ4n) is 7.40. The molecule has 2 aromatic carbocycles. The molecule has 4 aromatic rings. The summed E-state index contributed by atoms with van der Waals surface area (Å²) in [6.07, 6.45) is 4.94. The van der Waals surface area contributed by atoms with Gasteiger partial charge >= 0.3 is 0 Å². The lowest BCUT2D eigenvalue weighted by molar-refractivity contribution is -0.130. The Balaban J connectivity index is 1.05. The second-order valence-corrected chi connectivity index (χ2v) is 14.6. The number of aromatic nitrogens is 2. The van der Waals surface area contributed by atoms with Gasteiger partial charge in [-0.2, -0.15) is 0 Å². The van der Waals surface area contributed by atoms with Crippen molar-refractivity contribution in [1.29, 1.82) is 0 Å². The molecule has 0 unspecified atom stereocenters. The number of fused-ring (bicyclic) bond motifs is 1. The first kappa shape index (κ1) is 36.8. The SMILES string of the molecule is COc1nc(-c2cccc(-c3ccnc(-c4ccc5c(c4)CN(CCNC[C@@H]4CCC(=O)N4)C5=O)c3Cl)c2Cl)ccc1CNC1CCN(C(C)=O)CC1. The minimum Gasteiger partial charge on any atom is -0.481 e. The maximum Gasteiger partial charge on any atom is 0.254 e. The van der Waals surface area contributed by atoms with Crippen LogP contribution in [0.2, 0.25) is 10.0 Å². The molecule has 11 nitrogen and oxygen atoms in total. The van der Waals surface area contributed by atoms with Gasteiger partial charge in [-0.15, -0.1) is 0 Å². The summed E-state index contributed by atoms with van der Waals surface area (Å²) in [5.41, 5.74) is 6.85. The predicted octanol–water partition coefficient (Wildman–Crippen LogP) is 5.72. The second kappa shape index (κ2) is 16.2. The molecule has 276 valence electrons. The standard InChI is InChI=1S/C40H43Cl2N7O4/c1-24(50)48-17-13-28(14-18-48)45-21-26-7-10-34(47-39(26)53-2)33-5-3-4-31(36(33)41)32-12-15-44-38(37(32)42)25-6-9-30-27(20-25)23-49(40(30)52)19-16-43-22-29-8-11-35(51)46-29/h3-7,9-10,12,15,20,28-29,43,45H,8,11,13-14,16-19,21-23H2,1-2H3,(H,46,51)/t29-/m0/s1. The molecule has 7 rings (SSSR count). The van der Waals surface area contributed by atoms with Crippen molar-refractivity contribution in [2.24, 2.45) is 0 Å². The van der Waals surface area contributed by atoms with Gasteiger partial charge in [0.15, 0.2) is 0 Å². The molecule has 3 aliphatic rings. The number of nitrogens with zero attached hydrogens (tertiary/aromatic N) is 4. The van der Waals surface area contributed by atoms with Gasteiger partial charge in [0.25, 0.3) is 5.91 Å². The molecular formula is C40H43Cl2N7O4. The van der Waals surface area contributed by atoms with Crippen LogP contribution in [0.15, 0.2) is 60.8 Å². The summed E-state index contributed by atoms with van der Waals surface area (Å²) in [5.74, 6) is 0.739. The number of halogens is 2. The highest BCUT2D eigenvalue weighted by molar-refractivity contribution is 6.39. The van der Waals surface area contributed by atoms with E-state index in [-0.39, 0.29) is 23.8 Å². The number of rotatable bonds is 12. The first-order valence-electron chi connectivity index (χ1n) is 18.1. The lowest BCUT2D eigenvalue weighted by atomic mass is 9.98. The van der Waals surface area contributed by atoms with E-state index < -0.39 is 0 Å². The Hall–Kier alpha value is -4.55. The molecule has 3 aliphatic heterocycles.